The maximum Gasteiger partial charge on any atom is 0.166 e. The van der Waals surface area contributed by atoms with Crippen LogP contribution in [0.4, 0.5) is 4.39 Å². The van der Waals surface area contributed by atoms with Gasteiger partial charge >= 0.3 is 0 Å². The lowest BCUT2D eigenvalue weighted by Gasteiger charge is -2.37. The summed E-state index contributed by atoms with van der Waals surface area (Å²) in [6.45, 7) is 0.646. The number of carbonyl (C=O) groups is 1. The number of ketones is 1. The molecule has 0 amide bonds. The number of hydrogen-bond acceptors (Lipinski definition) is 2. The van der Waals surface area contributed by atoms with Gasteiger partial charge in [0.25, 0.3) is 0 Å². The van der Waals surface area contributed by atoms with E-state index in [0.717, 1.165) is 25.7 Å². The van der Waals surface area contributed by atoms with Crippen molar-refractivity contribution in [2.45, 2.75) is 44.1 Å². The van der Waals surface area contributed by atoms with Gasteiger partial charge in [-0.15, -0.1) is 0 Å². The zero-order chi connectivity index (χ0) is 14.2. The van der Waals surface area contributed by atoms with E-state index < -0.39 is 0 Å². The van der Waals surface area contributed by atoms with Gasteiger partial charge in [0.05, 0.1) is 5.60 Å². The quantitative estimate of drug-likeness (QED) is 0.740. The van der Waals surface area contributed by atoms with Crippen LogP contribution in [0.1, 0.15) is 48.9 Å². The van der Waals surface area contributed by atoms with Crippen molar-refractivity contribution < 1.29 is 13.9 Å². The highest BCUT2D eigenvalue weighted by atomic mass is 79.9. The molecule has 1 heterocycles. The highest BCUT2D eigenvalue weighted by Gasteiger charge is 2.42. The number of rotatable bonds is 2. The summed E-state index contributed by atoms with van der Waals surface area (Å²) in [5.74, 6) is -0.347. The Morgan fingerprint density at radius 2 is 2.05 bits per heavy atom. The van der Waals surface area contributed by atoms with Crippen LogP contribution in [-0.4, -0.2) is 18.0 Å². The minimum atomic E-state index is -0.370. The fraction of sp³-hybridized carbons (Fsp3) is 0.562. The Kier molecular flexibility index (Phi) is 3.95. The third-order valence-corrected chi connectivity index (χ3v) is 4.98. The average molecular weight is 341 g/mol. The van der Waals surface area contributed by atoms with Crippen molar-refractivity contribution in [3.8, 4) is 0 Å². The molecule has 0 aromatic heterocycles. The molecular weight excluding hydrogens is 323 g/mol. The molecule has 1 aliphatic heterocycles. The Hall–Kier alpha value is -0.740. The molecule has 1 aromatic carbocycles. The molecule has 0 bridgehead atoms. The van der Waals surface area contributed by atoms with Crippen molar-refractivity contribution >= 4 is 21.7 Å². The van der Waals surface area contributed by atoms with E-state index in [1.807, 2.05) is 0 Å². The van der Waals surface area contributed by atoms with E-state index in [2.05, 4.69) is 15.9 Å². The summed E-state index contributed by atoms with van der Waals surface area (Å²) in [5, 5.41) is 0. The molecule has 0 N–H and O–H groups in total. The summed E-state index contributed by atoms with van der Waals surface area (Å²) in [6.07, 6.45) is 6.03. The monoisotopic (exact) mass is 340 g/mol. The van der Waals surface area contributed by atoms with E-state index in [0.29, 0.717) is 16.6 Å². The lowest BCUT2D eigenvalue weighted by atomic mass is 9.81. The summed E-state index contributed by atoms with van der Waals surface area (Å²) >= 11 is 3.25. The predicted octanol–water partition coefficient (Wildman–Crippen LogP) is 4.51. The molecular formula is C16H18BrFO2. The van der Waals surface area contributed by atoms with Crippen LogP contribution < -0.4 is 0 Å². The van der Waals surface area contributed by atoms with Gasteiger partial charge in [0, 0.05) is 22.6 Å². The molecule has 1 saturated carbocycles. The fourth-order valence-electron chi connectivity index (χ4n) is 3.55. The van der Waals surface area contributed by atoms with Gasteiger partial charge in [-0.25, -0.2) is 4.39 Å². The minimum absolute atomic E-state index is 0.0319. The number of ether oxygens (including phenoxy) is 1. The van der Waals surface area contributed by atoms with Crippen LogP contribution >= 0.6 is 15.9 Å². The van der Waals surface area contributed by atoms with Crippen LogP contribution in [0.3, 0.4) is 0 Å². The fourth-order valence-corrected chi connectivity index (χ4v) is 4.02. The minimum Gasteiger partial charge on any atom is -0.375 e. The normalized spacial score (nSPS) is 25.0. The Morgan fingerprint density at radius 3 is 2.75 bits per heavy atom. The third kappa shape index (κ3) is 2.82. The van der Waals surface area contributed by atoms with E-state index in [1.54, 1.807) is 6.07 Å². The van der Waals surface area contributed by atoms with Crippen molar-refractivity contribution in [2.24, 2.45) is 5.92 Å². The van der Waals surface area contributed by atoms with Gasteiger partial charge in [0.2, 0.25) is 0 Å². The van der Waals surface area contributed by atoms with Gasteiger partial charge in [-0.2, -0.15) is 0 Å². The maximum atomic E-state index is 13.4. The summed E-state index contributed by atoms with van der Waals surface area (Å²) < 4.78 is 20.0. The largest absolute Gasteiger partial charge is 0.375 e. The van der Waals surface area contributed by atoms with E-state index in [4.69, 9.17) is 4.74 Å². The first-order chi connectivity index (χ1) is 9.58. The molecule has 0 radical (unpaired) electrons. The van der Waals surface area contributed by atoms with Crippen molar-refractivity contribution in [3.63, 3.8) is 0 Å². The average Bonchev–Trinajstić information content (AvgIpc) is 2.85. The first kappa shape index (κ1) is 14.2. The van der Waals surface area contributed by atoms with Gasteiger partial charge in [-0.05, 0) is 43.9 Å². The zero-order valence-electron chi connectivity index (χ0n) is 11.3. The molecule has 1 saturated heterocycles. The van der Waals surface area contributed by atoms with Crippen LogP contribution in [-0.2, 0) is 4.74 Å². The molecule has 1 aromatic rings. The molecule has 3 rings (SSSR count). The summed E-state index contributed by atoms with van der Waals surface area (Å²) in [5.41, 5.74) is 0.389. The number of halogens is 2. The molecule has 2 aliphatic rings. The Balaban J connectivity index is 1.79. The standard InChI is InChI=1S/C16H18BrFO2/c17-13-7-12(8-14(18)9-13)15(19)11-3-6-20-16(10-11)4-1-2-5-16/h7-9,11H,1-6,10H2. The van der Waals surface area contributed by atoms with Crippen LogP contribution in [0.5, 0.6) is 0 Å². The van der Waals surface area contributed by atoms with E-state index >= 15 is 0 Å². The van der Waals surface area contributed by atoms with E-state index in [-0.39, 0.29) is 23.1 Å². The van der Waals surface area contributed by atoms with Gasteiger partial charge in [0.1, 0.15) is 5.82 Å². The van der Waals surface area contributed by atoms with E-state index in [1.165, 1.54) is 25.0 Å². The SMILES string of the molecule is O=C(c1cc(F)cc(Br)c1)C1CCOC2(CCCC2)C1. The summed E-state index contributed by atoms with van der Waals surface area (Å²) in [7, 11) is 0. The van der Waals surface area contributed by atoms with Crippen molar-refractivity contribution in [2.75, 3.05) is 6.61 Å². The molecule has 4 heteroatoms. The van der Waals surface area contributed by atoms with Crippen molar-refractivity contribution in [1.29, 1.82) is 0 Å². The number of carbonyl (C=O) groups excluding carboxylic acids is 1. The topological polar surface area (TPSA) is 26.3 Å². The molecule has 1 aliphatic carbocycles. The first-order valence-electron chi connectivity index (χ1n) is 7.22. The summed E-state index contributed by atoms with van der Waals surface area (Å²) in [6, 6.07) is 4.42. The van der Waals surface area contributed by atoms with Crippen LogP contribution in [0.15, 0.2) is 22.7 Å². The van der Waals surface area contributed by atoms with Crippen molar-refractivity contribution in [3.05, 3.63) is 34.1 Å². The second-order valence-corrected chi connectivity index (χ2v) is 6.87. The molecule has 2 fully saturated rings. The second kappa shape index (κ2) is 5.57. The second-order valence-electron chi connectivity index (χ2n) is 5.95. The molecule has 1 unspecified atom stereocenters. The van der Waals surface area contributed by atoms with Gasteiger partial charge in [-0.3, -0.25) is 4.79 Å². The first-order valence-corrected chi connectivity index (χ1v) is 8.02. The van der Waals surface area contributed by atoms with Crippen LogP contribution in [0.2, 0.25) is 0 Å². The molecule has 108 valence electrons. The number of benzene rings is 1. The third-order valence-electron chi connectivity index (χ3n) is 4.53. The van der Waals surface area contributed by atoms with E-state index in [9.17, 15) is 9.18 Å². The maximum absolute atomic E-state index is 13.4. The summed E-state index contributed by atoms with van der Waals surface area (Å²) in [4.78, 5) is 12.6. The smallest absolute Gasteiger partial charge is 0.166 e. The highest BCUT2D eigenvalue weighted by molar-refractivity contribution is 9.10. The molecule has 20 heavy (non-hydrogen) atoms. The molecule has 1 atom stereocenters. The highest BCUT2D eigenvalue weighted by Crippen LogP contribution is 2.42. The number of Topliss-reactive ketones (excluding diaryl/α,β-unsaturated/α-hetero) is 1. The van der Waals surface area contributed by atoms with Crippen LogP contribution in [0.25, 0.3) is 0 Å². The lowest BCUT2D eigenvalue weighted by molar-refractivity contribution is -0.0866. The van der Waals surface area contributed by atoms with Crippen LogP contribution in [0, 0.1) is 11.7 Å². The Bertz CT molecular complexity index is 503. The molecule has 2 nitrogen and oxygen atoms in total. The number of hydrogen-bond donors (Lipinski definition) is 0. The zero-order valence-corrected chi connectivity index (χ0v) is 12.9. The van der Waals surface area contributed by atoms with Gasteiger partial charge < -0.3 is 4.74 Å². The Morgan fingerprint density at radius 1 is 1.30 bits per heavy atom. The lowest BCUT2D eigenvalue weighted by Crippen LogP contribution is -2.39. The predicted molar refractivity (Wildman–Crippen MR) is 78.3 cm³/mol. The van der Waals surface area contributed by atoms with Crippen molar-refractivity contribution in [1.82, 2.24) is 0 Å². The van der Waals surface area contributed by atoms with Gasteiger partial charge in [-0.1, -0.05) is 28.8 Å². The Labute approximate surface area is 126 Å². The van der Waals surface area contributed by atoms with Gasteiger partial charge in [0.15, 0.2) is 5.78 Å². The molecule has 1 spiro atoms.